The molecule has 0 aliphatic heterocycles. The second-order valence-electron chi connectivity index (χ2n) is 8.99. The summed E-state index contributed by atoms with van der Waals surface area (Å²) in [6.07, 6.45) is 2.04. The lowest BCUT2D eigenvalue weighted by Crippen LogP contribution is -2.56. The molecule has 24 heavy (non-hydrogen) atoms. The van der Waals surface area contributed by atoms with E-state index in [0.717, 1.165) is 5.56 Å². The standard InChI is InChI=1S/C20H34O3Si/c1-18(2,3)21-24(22-19(4,5)6,23-20(7,8)9)16-15-17-13-11-10-12-14-17/h10-16H,1-9H3. The van der Waals surface area contributed by atoms with E-state index in [1.165, 1.54) is 0 Å². The van der Waals surface area contributed by atoms with Crippen LogP contribution in [0.2, 0.25) is 0 Å². The highest BCUT2D eigenvalue weighted by molar-refractivity contribution is 6.67. The van der Waals surface area contributed by atoms with Crippen molar-refractivity contribution >= 4 is 14.9 Å². The third kappa shape index (κ3) is 8.78. The predicted octanol–water partition coefficient (Wildman–Crippen LogP) is 5.62. The van der Waals surface area contributed by atoms with Crippen molar-refractivity contribution < 1.29 is 13.3 Å². The molecule has 0 fully saturated rings. The van der Waals surface area contributed by atoms with Crippen LogP contribution in [0.15, 0.2) is 36.0 Å². The predicted molar refractivity (Wildman–Crippen MR) is 104 cm³/mol. The van der Waals surface area contributed by atoms with Gasteiger partial charge in [0.1, 0.15) is 0 Å². The Kier molecular flexibility index (Phi) is 6.61. The molecule has 3 nitrogen and oxygen atoms in total. The minimum Gasteiger partial charge on any atom is -0.365 e. The Morgan fingerprint density at radius 1 is 0.667 bits per heavy atom. The van der Waals surface area contributed by atoms with Gasteiger partial charge in [0.2, 0.25) is 0 Å². The van der Waals surface area contributed by atoms with E-state index < -0.39 is 8.80 Å². The van der Waals surface area contributed by atoms with E-state index in [0.29, 0.717) is 0 Å². The normalized spacial score (nSPS) is 14.4. The smallest absolute Gasteiger partial charge is 0.365 e. The highest BCUT2D eigenvalue weighted by atomic mass is 28.4. The SMILES string of the molecule is CC(C)(C)O[Si](C=Cc1ccccc1)(OC(C)(C)C)OC(C)(C)C. The van der Waals surface area contributed by atoms with Gasteiger partial charge in [0.25, 0.3) is 0 Å². The Hall–Kier alpha value is -0.943. The molecular formula is C20H34O3Si. The molecule has 0 N–H and O–H groups in total. The number of hydrogen-bond acceptors (Lipinski definition) is 3. The van der Waals surface area contributed by atoms with Crippen molar-refractivity contribution in [2.75, 3.05) is 0 Å². The lowest BCUT2D eigenvalue weighted by Gasteiger charge is -2.41. The van der Waals surface area contributed by atoms with E-state index >= 15 is 0 Å². The van der Waals surface area contributed by atoms with Gasteiger partial charge in [-0.3, -0.25) is 0 Å². The van der Waals surface area contributed by atoms with Crippen LogP contribution in [0.3, 0.4) is 0 Å². The zero-order valence-electron chi connectivity index (χ0n) is 16.8. The van der Waals surface area contributed by atoms with Crippen LogP contribution in [0.4, 0.5) is 0 Å². The second-order valence-corrected chi connectivity index (χ2v) is 11.1. The summed E-state index contributed by atoms with van der Waals surface area (Å²) in [7, 11) is -3.07. The van der Waals surface area contributed by atoms with Crippen molar-refractivity contribution in [1.29, 1.82) is 0 Å². The van der Waals surface area contributed by atoms with Gasteiger partial charge >= 0.3 is 8.80 Å². The molecule has 0 heterocycles. The summed E-state index contributed by atoms with van der Waals surface area (Å²) in [5, 5.41) is 0. The van der Waals surface area contributed by atoms with E-state index in [-0.39, 0.29) is 16.8 Å². The Morgan fingerprint density at radius 3 is 1.38 bits per heavy atom. The molecular weight excluding hydrogens is 316 g/mol. The third-order valence-corrected chi connectivity index (χ3v) is 5.89. The molecule has 4 heteroatoms. The van der Waals surface area contributed by atoms with Crippen LogP contribution in [0.25, 0.3) is 6.08 Å². The summed E-state index contributed by atoms with van der Waals surface area (Å²) in [6.45, 7) is 18.3. The molecule has 0 aliphatic rings. The minimum atomic E-state index is -3.07. The van der Waals surface area contributed by atoms with Gasteiger partial charge in [-0.05, 0) is 73.6 Å². The van der Waals surface area contributed by atoms with Crippen LogP contribution in [-0.4, -0.2) is 25.6 Å². The topological polar surface area (TPSA) is 27.7 Å². The Morgan fingerprint density at radius 2 is 1.04 bits per heavy atom. The largest absolute Gasteiger partial charge is 0.530 e. The van der Waals surface area contributed by atoms with Crippen molar-refractivity contribution in [3.05, 3.63) is 41.6 Å². The maximum atomic E-state index is 6.41. The van der Waals surface area contributed by atoms with Crippen LogP contribution in [0, 0.1) is 0 Å². The fourth-order valence-electron chi connectivity index (χ4n) is 2.21. The number of benzene rings is 1. The first kappa shape index (κ1) is 21.1. The summed E-state index contributed by atoms with van der Waals surface area (Å²) < 4.78 is 19.2. The van der Waals surface area contributed by atoms with E-state index in [2.05, 4.69) is 12.1 Å². The van der Waals surface area contributed by atoms with Gasteiger partial charge in [0, 0.05) is 0 Å². The third-order valence-electron chi connectivity index (χ3n) is 2.62. The van der Waals surface area contributed by atoms with E-state index in [4.69, 9.17) is 13.3 Å². The highest BCUT2D eigenvalue weighted by Gasteiger charge is 2.48. The molecule has 0 atom stereocenters. The zero-order valence-corrected chi connectivity index (χ0v) is 17.8. The van der Waals surface area contributed by atoms with Crippen LogP contribution < -0.4 is 0 Å². The highest BCUT2D eigenvalue weighted by Crippen LogP contribution is 2.30. The lowest BCUT2D eigenvalue weighted by molar-refractivity contribution is -0.0665. The summed E-state index contributed by atoms with van der Waals surface area (Å²) in [5.74, 6) is 0. The molecule has 0 saturated carbocycles. The molecule has 0 amide bonds. The van der Waals surface area contributed by atoms with Crippen LogP contribution in [0.5, 0.6) is 0 Å². The van der Waals surface area contributed by atoms with Crippen molar-refractivity contribution in [1.82, 2.24) is 0 Å². The first-order chi connectivity index (χ1) is 10.7. The summed E-state index contributed by atoms with van der Waals surface area (Å²) in [4.78, 5) is 0. The van der Waals surface area contributed by atoms with Gasteiger partial charge in [-0.25, -0.2) is 0 Å². The molecule has 0 unspecified atom stereocenters. The van der Waals surface area contributed by atoms with Gasteiger partial charge in [0.05, 0.1) is 16.8 Å². The Bertz CT molecular complexity index is 490. The molecule has 136 valence electrons. The number of rotatable bonds is 5. The Labute approximate surface area is 149 Å². The van der Waals surface area contributed by atoms with Crippen molar-refractivity contribution in [2.45, 2.75) is 79.1 Å². The molecule has 0 aliphatic carbocycles. The van der Waals surface area contributed by atoms with Gasteiger partial charge in [-0.15, -0.1) is 0 Å². The van der Waals surface area contributed by atoms with Crippen molar-refractivity contribution in [2.24, 2.45) is 0 Å². The molecule has 1 aromatic rings. The maximum absolute atomic E-state index is 6.41. The van der Waals surface area contributed by atoms with Crippen LogP contribution in [-0.2, 0) is 13.3 Å². The van der Waals surface area contributed by atoms with E-state index in [1.54, 1.807) is 0 Å². The van der Waals surface area contributed by atoms with E-state index in [1.807, 2.05) is 92.3 Å². The first-order valence-electron chi connectivity index (χ1n) is 8.55. The molecule has 0 saturated heterocycles. The summed E-state index contributed by atoms with van der Waals surface area (Å²) >= 11 is 0. The Balaban J connectivity index is 3.29. The number of hydrogen-bond donors (Lipinski definition) is 0. The molecule has 1 aromatic carbocycles. The average molecular weight is 351 g/mol. The fraction of sp³-hybridized carbons (Fsp3) is 0.600. The molecule has 0 aromatic heterocycles. The fourth-order valence-corrected chi connectivity index (χ4v) is 5.49. The maximum Gasteiger partial charge on any atom is 0.530 e. The average Bonchev–Trinajstić information content (AvgIpc) is 2.31. The first-order valence-corrected chi connectivity index (χ1v) is 10.3. The van der Waals surface area contributed by atoms with Gasteiger partial charge in [-0.1, -0.05) is 36.4 Å². The van der Waals surface area contributed by atoms with Gasteiger partial charge in [-0.2, -0.15) is 0 Å². The molecule has 0 radical (unpaired) electrons. The van der Waals surface area contributed by atoms with Crippen molar-refractivity contribution in [3.63, 3.8) is 0 Å². The second kappa shape index (κ2) is 7.52. The molecule has 1 rings (SSSR count). The van der Waals surface area contributed by atoms with Gasteiger partial charge in [0.15, 0.2) is 0 Å². The van der Waals surface area contributed by atoms with Crippen LogP contribution >= 0.6 is 0 Å². The van der Waals surface area contributed by atoms with Gasteiger partial charge < -0.3 is 13.3 Å². The van der Waals surface area contributed by atoms with Crippen molar-refractivity contribution in [3.8, 4) is 0 Å². The molecule has 0 spiro atoms. The monoisotopic (exact) mass is 350 g/mol. The van der Waals surface area contributed by atoms with E-state index in [9.17, 15) is 0 Å². The quantitative estimate of drug-likeness (QED) is 0.645. The molecule has 0 bridgehead atoms. The summed E-state index contributed by atoms with van der Waals surface area (Å²) in [5.41, 5.74) is 1.99. The zero-order chi connectivity index (χ0) is 18.6. The van der Waals surface area contributed by atoms with Crippen LogP contribution in [0.1, 0.15) is 67.9 Å². The lowest BCUT2D eigenvalue weighted by atomic mass is 10.2. The minimum absolute atomic E-state index is 0.371. The summed E-state index contributed by atoms with van der Waals surface area (Å²) in [6, 6.07) is 10.2.